The van der Waals surface area contributed by atoms with E-state index in [-0.39, 0.29) is 11.8 Å². The molecule has 3 rings (SSSR count). The molecule has 0 N–H and O–H groups in total. The first kappa shape index (κ1) is 15.7. The van der Waals surface area contributed by atoms with Crippen molar-refractivity contribution in [2.45, 2.75) is 6.92 Å². The molecule has 0 aliphatic carbocycles. The summed E-state index contributed by atoms with van der Waals surface area (Å²) < 4.78 is 5.34. The van der Waals surface area contributed by atoms with Gasteiger partial charge in [0, 0.05) is 25.3 Å². The Morgan fingerprint density at radius 1 is 1.27 bits per heavy atom. The zero-order chi connectivity index (χ0) is 15.7. The Labute approximate surface area is 139 Å². The van der Waals surface area contributed by atoms with E-state index in [1.165, 1.54) is 5.01 Å². The second-order valence-corrected chi connectivity index (χ2v) is 6.27. The maximum absolute atomic E-state index is 12.7. The Morgan fingerprint density at radius 3 is 2.68 bits per heavy atom. The van der Waals surface area contributed by atoms with Crippen LogP contribution in [0.5, 0.6) is 0 Å². The summed E-state index contributed by atoms with van der Waals surface area (Å²) in [4.78, 5) is 14.9. The van der Waals surface area contributed by atoms with E-state index in [1.807, 2.05) is 6.92 Å². The fourth-order valence-corrected chi connectivity index (χ4v) is 2.95. The van der Waals surface area contributed by atoms with Crippen LogP contribution < -0.4 is 5.01 Å². The number of hydrogen-bond donors (Lipinski definition) is 0. The van der Waals surface area contributed by atoms with Gasteiger partial charge in [0.15, 0.2) is 0 Å². The van der Waals surface area contributed by atoms with Crippen LogP contribution in [0.2, 0.25) is 10.0 Å². The summed E-state index contributed by atoms with van der Waals surface area (Å²) in [5, 5.41) is 6.69. The van der Waals surface area contributed by atoms with Crippen molar-refractivity contribution in [3.63, 3.8) is 0 Å². The molecule has 0 spiro atoms. The van der Waals surface area contributed by atoms with Gasteiger partial charge in [-0.15, -0.1) is 0 Å². The number of anilines is 1. The first-order valence-electron chi connectivity index (χ1n) is 7.20. The lowest BCUT2D eigenvalue weighted by molar-refractivity contribution is -0.120. The Hall–Kier alpha value is -1.14. The van der Waals surface area contributed by atoms with Gasteiger partial charge in [0.2, 0.25) is 0 Å². The van der Waals surface area contributed by atoms with Gasteiger partial charge >= 0.3 is 0 Å². The number of rotatable bonds is 3. The van der Waals surface area contributed by atoms with Crippen molar-refractivity contribution in [2.75, 3.05) is 37.9 Å². The molecule has 0 unspecified atom stereocenters. The Bertz CT molecular complexity index is 615. The van der Waals surface area contributed by atoms with Gasteiger partial charge in [-0.3, -0.25) is 9.69 Å². The molecule has 2 heterocycles. The number of amides is 1. The van der Waals surface area contributed by atoms with Gasteiger partial charge in [-0.2, -0.15) is 5.10 Å². The third-order valence-corrected chi connectivity index (χ3v) is 4.70. The fraction of sp³-hybridized carbons (Fsp3) is 0.467. The average Bonchev–Trinajstić information content (AvgIpc) is 2.79. The average molecular weight is 342 g/mol. The molecule has 22 heavy (non-hydrogen) atoms. The molecule has 0 radical (unpaired) electrons. The Kier molecular flexibility index (Phi) is 4.68. The Morgan fingerprint density at radius 2 is 2.00 bits per heavy atom. The van der Waals surface area contributed by atoms with Gasteiger partial charge in [0.05, 0.1) is 34.9 Å². The summed E-state index contributed by atoms with van der Waals surface area (Å²) in [5.74, 6) is -0.241. The van der Waals surface area contributed by atoms with E-state index in [0.717, 1.165) is 18.8 Å². The lowest BCUT2D eigenvalue weighted by atomic mass is 10.0. The van der Waals surface area contributed by atoms with Crippen molar-refractivity contribution >= 4 is 40.5 Å². The molecular weight excluding hydrogens is 325 g/mol. The molecule has 1 saturated heterocycles. The highest BCUT2D eigenvalue weighted by atomic mass is 35.5. The zero-order valence-electron chi connectivity index (χ0n) is 12.3. The third kappa shape index (κ3) is 3.13. The van der Waals surface area contributed by atoms with Crippen molar-refractivity contribution in [2.24, 2.45) is 11.0 Å². The number of halogens is 2. The molecule has 0 bridgehead atoms. The minimum Gasteiger partial charge on any atom is -0.379 e. The monoisotopic (exact) mass is 341 g/mol. The largest absolute Gasteiger partial charge is 0.379 e. The molecular formula is C15H17Cl2N3O2. The SMILES string of the molecule is CC1=NN(c2ccc(Cl)c(Cl)c2)C(=O)[C@H]1CN1CCOCC1. The van der Waals surface area contributed by atoms with Crippen LogP contribution in [0.3, 0.4) is 0 Å². The highest BCUT2D eigenvalue weighted by molar-refractivity contribution is 6.42. The first-order chi connectivity index (χ1) is 10.6. The molecule has 5 nitrogen and oxygen atoms in total. The van der Waals surface area contributed by atoms with Crippen molar-refractivity contribution in [3.8, 4) is 0 Å². The maximum atomic E-state index is 12.7. The molecule has 0 saturated carbocycles. The van der Waals surface area contributed by atoms with Crippen molar-refractivity contribution in [1.82, 2.24) is 4.90 Å². The van der Waals surface area contributed by atoms with Crippen LogP contribution in [-0.2, 0) is 9.53 Å². The van der Waals surface area contributed by atoms with E-state index in [9.17, 15) is 4.79 Å². The minimum absolute atomic E-state index is 0.0256. The van der Waals surface area contributed by atoms with Crippen LogP contribution in [-0.4, -0.2) is 49.4 Å². The predicted octanol–water partition coefficient (Wildman–Crippen LogP) is 2.66. The zero-order valence-corrected chi connectivity index (χ0v) is 13.8. The summed E-state index contributed by atoms with van der Waals surface area (Å²) in [6, 6.07) is 5.09. The summed E-state index contributed by atoms with van der Waals surface area (Å²) in [5.41, 5.74) is 1.46. The summed E-state index contributed by atoms with van der Waals surface area (Å²) in [7, 11) is 0. The fourth-order valence-electron chi connectivity index (χ4n) is 2.66. The minimum atomic E-state index is -0.215. The van der Waals surface area contributed by atoms with Crippen LogP contribution in [0.4, 0.5) is 5.69 Å². The quantitative estimate of drug-likeness (QED) is 0.848. The summed E-state index contributed by atoms with van der Waals surface area (Å²) in [6.07, 6.45) is 0. The number of ether oxygens (including phenoxy) is 1. The summed E-state index contributed by atoms with van der Waals surface area (Å²) >= 11 is 11.9. The molecule has 1 amide bonds. The lowest BCUT2D eigenvalue weighted by Gasteiger charge is -2.28. The normalized spacial score (nSPS) is 23.0. The molecule has 1 aromatic carbocycles. The van der Waals surface area contributed by atoms with Crippen molar-refractivity contribution in [1.29, 1.82) is 0 Å². The standard InChI is InChI=1S/C15H17Cl2N3O2/c1-10-12(9-19-4-6-22-7-5-19)15(21)20(18-10)11-2-3-13(16)14(17)8-11/h2-3,8,12H,4-7,9H2,1H3/t12-/m0/s1. The van der Waals surface area contributed by atoms with Gasteiger partial charge < -0.3 is 4.74 Å². The number of benzene rings is 1. The van der Waals surface area contributed by atoms with E-state index < -0.39 is 0 Å². The number of hydrazone groups is 1. The lowest BCUT2D eigenvalue weighted by Crippen LogP contribution is -2.43. The highest BCUT2D eigenvalue weighted by Gasteiger charge is 2.35. The second kappa shape index (κ2) is 6.54. The molecule has 1 fully saturated rings. The first-order valence-corrected chi connectivity index (χ1v) is 7.96. The predicted molar refractivity (Wildman–Crippen MR) is 87.8 cm³/mol. The number of carbonyl (C=O) groups excluding carboxylic acids is 1. The van der Waals surface area contributed by atoms with E-state index in [4.69, 9.17) is 27.9 Å². The van der Waals surface area contributed by atoms with Gasteiger partial charge in [0.25, 0.3) is 5.91 Å². The van der Waals surface area contributed by atoms with E-state index in [2.05, 4.69) is 10.0 Å². The van der Waals surface area contributed by atoms with Crippen LogP contribution in [0, 0.1) is 5.92 Å². The van der Waals surface area contributed by atoms with Gasteiger partial charge in [-0.25, -0.2) is 5.01 Å². The third-order valence-electron chi connectivity index (χ3n) is 3.96. The Balaban J connectivity index is 1.75. The number of carbonyl (C=O) groups is 1. The maximum Gasteiger partial charge on any atom is 0.257 e. The number of morpholine rings is 1. The topological polar surface area (TPSA) is 45.1 Å². The van der Waals surface area contributed by atoms with Crippen LogP contribution in [0.15, 0.2) is 23.3 Å². The highest BCUT2D eigenvalue weighted by Crippen LogP contribution is 2.30. The van der Waals surface area contributed by atoms with Crippen LogP contribution >= 0.6 is 23.2 Å². The van der Waals surface area contributed by atoms with E-state index >= 15 is 0 Å². The molecule has 2 aliphatic heterocycles. The molecule has 7 heteroatoms. The van der Waals surface area contributed by atoms with Crippen molar-refractivity contribution < 1.29 is 9.53 Å². The van der Waals surface area contributed by atoms with Crippen LogP contribution in [0.25, 0.3) is 0 Å². The second-order valence-electron chi connectivity index (χ2n) is 5.46. The summed E-state index contributed by atoms with van der Waals surface area (Å²) in [6.45, 7) is 5.70. The van der Waals surface area contributed by atoms with Gasteiger partial charge in [-0.05, 0) is 25.1 Å². The molecule has 2 aliphatic rings. The van der Waals surface area contributed by atoms with Crippen molar-refractivity contribution in [3.05, 3.63) is 28.2 Å². The molecule has 1 atom stereocenters. The smallest absolute Gasteiger partial charge is 0.257 e. The number of hydrogen-bond acceptors (Lipinski definition) is 4. The van der Waals surface area contributed by atoms with E-state index in [1.54, 1.807) is 18.2 Å². The van der Waals surface area contributed by atoms with Gasteiger partial charge in [-0.1, -0.05) is 23.2 Å². The van der Waals surface area contributed by atoms with E-state index in [0.29, 0.717) is 35.5 Å². The molecule has 0 aromatic heterocycles. The molecule has 1 aromatic rings. The van der Waals surface area contributed by atoms with Crippen LogP contribution in [0.1, 0.15) is 6.92 Å². The van der Waals surface area contributed by atoms with Gasteiger partial charge in [0.1, 0.15) is 0 Å². The number of nitrogens with zero attached hydrogens (tertiary/aromatic N) is 3. The molecule has 118 valence electrons.